The number of benzene rings is 2. The average Bonchev–Trinajstić information content (AvgIpc) is 2.60. The topological polar surface area (TPSA) is 66.8 Å². The van der Waals surface area contributed by atoms with Crippen LogP contribution in [0.25, 0.3) is 0 Å². The molecular weight excluding hydrogens is 306 g/mol. The molecule has 1 aliphatic rings. The highest BCUT2D eigenvalue weighted by Gasteiger charge is 2.56. The van der Waals surface area contributed by atoms with Gasteiger partial charge in [0, 0.05) is 13.0 Å². The number of methoxy groups -OCH3 is 1. The van der Waals surface area contributed by atoms with E-state index in [1.54, 1.807) is 19.2 Å². The van der Waals surface area contributed by atoms with E-state index in [2.05, 4.69) is 0 Å². The van der Waals surface area contributed by atoms with E-state index < -0.39 is 11.5 Å². The minimum Gasteiger partial charge on any atom is -0.497 e. The summed E-state index contributed by atoms with van der Waals surface area (Å²) in [6.07, 6.45) is 0.346. The van der Waals surface area contributed by atoms with Crippen LogP contribution in [0.3, 0.4) is 0 Å². The number of carboxylic acids is 1. The van der Waals surface area contributed by atoms with Crippen LogP contribution in [0.15, 0.2) is 54.6 Å². The van der Waals surface area contributed by atoms with Gasteiger partial charge in [0.05, 0.1) is 13.5 Å². The smallest absolute Gasteiger partial charge is 0.330 e. The van der Waals surface area contributed by atoms with Crippen molar-refractivity contribution in [2.24, 2.45) is 0 Å². The number of rotatable bonds is 6. The summed E-state index contributed by atoms with van der Waals surface area (Å²) in [6, 6.07) is 16.7. The molecule has 1 fully saturated rings. The van der Waals surface area contributed by atoms with Crippen molar-refractivity contribution >= 4 is 11.9 Å². The highest BCUT2D eigenvalue weighted by atomic mass is 16.5. The standard InChI is InChI=1S/C19H19NO4/c1-24-16-9-7-15(8-10-16)13-20-17(21)12-19(20,18(22)23)11-14-5-3-2-4-6-14/h2-10H,11-13H2,1H3,(H,22,23)/t19-/m0/s1. The Bertz CT molecular complexity index is 742. The average molecular weight is 325 g/mol. The number of hydrogen-bond donors (Lipinski definition) is 1. The molecule has 5 nitrogen and oxygen atoms in total. The predicted octanol–water partition coefficient (Wildman–Crippen LogP) is 2.49. The summed E-state index contributed by atoms with van der Waals surface area (Å²) in [5.74, 6) is -0.369. The van der Waals surface area contributed by atoms with Gasteiger partial charge in [-0.1, -0.05) is 42.5 Å². The van der Waals surface area contributed by atoms with Crippen LogP contribution in [0, 0.1) is 0 Å². The van der Waals surface area contributed by atoms with Crippen molar-refractivity contribution in [3.8, 4) is 5.75 Å². The molecule has 2 aromatic carbocycles. The van der Waals surface area contributed by atoms with Gasteiger partial charge in [0.25, 0.3) is 0 Å². The van der Waals surface area contributed by atoms with Crippen LogP contribution in [-0.2, 0) is 22.6 Å². The maximum absolute atomic E-state index is 12.1. The zero-order valence-corrected chi connectivity index (χ0v) is 13.4. The lowest BCUT2D eigenvalue weighted by Gasteiger charge is -2.49. The molecule has 1 aliphatic heterocycles. The summed E-state index contributed by atoms with van der Waals surface area (Å²) in [6.45, 7) is 0.280. The Hall–Kier alpha value is -2.82. The second-order valence-corrected chi connectivity index (χ2v) is 6.00. The molecule has 1 N–H and O–H groups in total. The second kappa shape index (κ2) is 6.35. The van der Waals surface area contributed by atoms with E-state index in [-0.39, 0.29) is 18.9 Å². The zero-order chi connectivity index (χ0) is 17.2. The molecule has 0 aliphatic carbocycles. The molecule has 0 radical (unpaired) electrons. The normalized spacial score (nSPS) is 19.7. The van der Waals surface area contributed by atoms with Crippen LogP contribution < -0.4 is 4.74 Å². The van der Waals surface area contributed by atoms with E-state index in [1.165, 1.54) is 4.90 Å². The summed E-state index contributed by atoms with van der Waals surface area (Å²) in [5.41, 5.74) is 0.618. The van der Waals surface area contributed by atoms with Gasteiger partial charge in [-0.15, -0.1) is 0 Å². The first-order valence-electron chi connectivity index (χ1n) is 7.76. The first kappa shape index (κ1) is 16.1. The number of carbonyl (C=O) groups excluding carboxylic acids is 1. The monoisotopic (exact) mass is 325 g/mol. The third kappa shape index (κ3) is 2.85. The van der Waals surface area contributed by atoms with Gasteiger partial charge in [-0.05, 0) is 23.3 Å². The van der Waals surface area contributed by atoms with Gasteiger partial charge in [-0.25, -0.2) is 4.79 Å². The Morgan fingerprint density at radius 3 is 2.33 bits per heavy atom. The van der Waals surface area contributed by atoms with Crippen LogP contribution in [0.4, 0.5) is 0 Å². The maximum Gasteiger partial charge on any atom is 0.330 e. The molecule has 0 spiro atoms. The quantitative estimate of drug-likeness (QED) is 0.829. The third-order valence-corrected chi connectivity index (χ3v) is 4.50. The van der Waals surface area contributed by atoms with Crippen LogP contribution in [0.5, 0.6) is 5.75 Å². The Balaban J connectivity index is 1.83. The summed E-state index contributed by atoms with van der Waals surface area (Å²) >= 11 is 0. The zero-order valence-electron chi connectivity index (χ0n) is 13.4. The summed E-state index contributed by atoms with van der Waals surface area (Å²) in [4.78, 5) is 25.5. The summed E-state index contributed by atoms with van der Waals surface area (Å²) in [5, 5.41) is 9.78. The van der Waals surface area contributed by atoms with Crippen LogP contribution in [0.2, 0.25) is 0 Å². The summed E-state index contributed by atoms with van der Waals surface area (Å²) < 4.78 is 5.12. The van der Waals surface area contributed by atoms with E-state index in [4.69, 9.17) is 4.74 Å². The highest BCUT2D eigenvalue weighted by Crippen LogP contribution is 2.37. The molecule has 2 aromatic rings. The van der Waals surface area contributed by atoms with Crippen LogP contribution in [-0.4, -0.2) is 34.5 Å². The number of ether oxygens (including phenoxy) is 1. The van der Waals surface area contributed by atoms with Crippen molar-refractivity contribution in [1.82, 2.24) is 4.90 Å². The van der Waals surface area contributed by atoms with Crippen molar-refractivity contribution < 1.29 is 19.4 Å². The molecule has 3 rings (SSSR count). The lowest BCUT2D eigenvalue weighted by Crippen LogP contribution is -2.68. The Labute approximate surface area is 140 Å². The lowest BCUT2D eigenvalue weighted by molar-refractivity contribution is -0.177. The molecule has 0 saturated carbocycles. The van der Waals surface area contributed by atoms with E-state index in [1.807, 2.05) is 42.5 Å². The molecule has 0 aromatic heterocycles. The van der Waals surface area contributed by atoms with Crippen LogP contribution >= 0.6 is 0 Å². The highest BCUT2D eigenvalue weighted by molar-refractivity contribution is 5.98. The number of likely N-dealkylation sites (tertiary alicyclic amines) is 1. The number of aliphatic carboxylic acids is 1. The molecular formula is C19H19NO4. The third-order valence-electron chi connectivity index (χ3n) is 4.50. The van der Waals surface area contributed by atoms with Gasteiger partial charge >= 0.3 is 5.97 Å². The largest absolute Gasteiger partial charge is 0.497 e. The molecule has 0 unspecified atom stereocenters. The fourth-order valence-corrected chi connectivity index (χ4v) is 3.10. The molecule has 1 heterocycles. The van der Waals surface area contributed by atoms with Crippen molar-refractivity contribution in [2.45, 2.75) is 24.9 Å². The van der Waals surface area contributed by atoms with E-state index in [0.717, 1.165) is 16.9 Å². The van der Waals surface area contributed by atoms with Crippen molar-refractivity contribution in [1.29, 1.82) is 0 Å². The molecule has 5 heteroatoms. The first-order valence-corrected chi connectivity index (χ1v) is 7.76. The first-order chi connectivity index (χ1) is 11.5. The van der Waals surface area contributed by atoms with E-state index >= 15 is 0 Å². The number of β-lactam (4-membered cyclic amide) rings is 1. The number of carbonyl (C=O) groups is 2. The Morgan fingerprint density at radius 2 is 1.79 bits per heavy atom. The number of nitrogens with zero attached hydrogens (tertiary/aromatic N) is 1. The fraction of sp³-hybridized carbons (Fsp3) is 0.263. The Kier molecular flexibility index (Phi) is 4.25. The SMILES string of the molecule is COc1ccc(CN2C(=O)C[C@@]2(Cc2ccccc2)C(=O)O)cc1. The maximum atomic E-state index is 12.1. The fourth-order valence-electron chi connectivity index (χ4n) is 3.10. The molecule has 1 amide bonds. The Morgan fingerprint density at radius 1 is 1.12 bits per heavy atom. The predicted molar refractivity (Wildman–Crippen MR) is 88.7 cm³/mol. The number of carboxylic acid groups (broad SMARTS) is 1. The van der Waals surface area contributed by atoms with Crippen molar-refractivity contribution in [2.75, 3.05) is 7.11 Å². The van der Waals surface area contributed by atoms with Crippen molar-refractivity contribution in [3.63, 3.8) is 0 Å². The van der Waals surface area contributed by atoms with Gasteiger partial charge in [0.2, 0.25) is 5.91 Å². The summed E-state index contributed by atoms with van der Waals surface area (Å²) in [7, 11) is 1.59. The van der Waals surface area contributed by atoms with Crippen molar-refractivity contribution in [3.05, 3.63) is 65.7 Å². The van der Waals surface area contributed by atoms with Crippen LogP contribution in [0.1, 0.15) is 17.5 Å². The second-order valence-electron chi connectivity index (χ2n) is 6.00. The molecule has 1 saturated heterocycles. The minimum absolute atomic E-state index is 0.0351. The molecule has 124 valence electrons. The molecule has 0 bridgehead atoms. The van der Waals surface area contributed by atoms with Gasteiger partial charge in [-0.3, -0.25) is 4.79 Å². The van der Waals surface area contributed by atoms with E-state index in [0.29, 0.717) is 6.42 Å². The van der Waals surface area contributed by atoms with Gasteiger partial charge in [0.1, 0.15) is 5.75 Å². The minimum atomic E-state index is -1.17. The number of amides is 1. The van der Waals surface area contributed by atoms with E-state index in [9.17, 15) is 14.7 Å². The molecule has 1 atom stereocenters. The number of hydrogen-bond acceptors (Lipinski definition) is 3. The van der Waals surface area contributed by atoms with Gasteiger partial charge in [0.15, 0.2) is 5.54 Å². The van der Waals surface area contributed by atoms with Gasteiger partial charge < -0.3 is 14.7 Å². The molecule has 24 heavy (non-hydrogen) atoms. The van der Waals surface area contributed by atoms with Gasteiger partial charge in [-0.2, -0.15) is 0 Å². The lowest BCUT2D eigenvalue weighted by atomic mass is 9.78.